The average molecular weight is 342 g/mol. The third-order valence-corrected chi connectivity index (χ3v) is 3.31. The van der Waals surface area contributed by atoms with Crippen molar-refractivity contribution in [2.45, 2.75) is 12.6 Å². The molecule has 7 nitrogen and oxygen atoms in total. The first-order valence-electron chi connectivity index (χ1n) is 7.59. The summed E-state index contributed by atoms with van der Waals surface area (Å²) in [4.78, 5) is 34.9. The van der Waals surface area contributed by atoms with Crippen LogP contribution in [-0.2, 0) is 16.1 Å². The van der Waals surface area contributed by atoms with Crippen LogP contribution in [0.4, 0.5) is 4.79 Å². The second-order valence-corrected chi connectivity index (χ2v) is 5.17. The monoisotopic (exact) mass is 342 g/mol. The molecule has 25 heavy (non-hydrogen) atoms. The highest BCUT2D eigenvalue weighted by molar-refractivity contribution is 5.94. The van der Waals surface area contributed by atoms with E-state index in [-0.39, 0.29) is 13.2 Å². The predicted molar refractivity (Wildman–Crippen MR) is 90.0 cm³/mol. The summed E-state index contributed by atoms with van der Waals surface area (Å²) < 4.78 is 4.97. The van der Waals surface area contributed by atoms with Crippen molar-refractivity contribution >= 4 is 18.0 Å². The van der Waals surface area contributed by atoms with Crippen LogP contribution in [-0.4, -0.2) is 35.7 Å². The normalized spacial score (nSPS) is 11.2. The lowest BCUT2D eigenvalue weighted by Gasteiger charge is -2.15. The van der Waals surface area contributed by atoms with Gasteiger partial charge in [-0.25, -0.2) is 9.59 Å². The Labute approximate surface area is 144 Å². The van der Waals surface area contributed by atoms with E-state index in [0.29, 0.717) is 5.56 Å². The minimum Gasteiger partial charge on any atom is -0.480 e. The first kappa shape index (κ1) is 18.0. The van der Waals surface area contributed by atoms with Crippen molar-refractivity contribution < 1.29 is 24.2 Å². The van der Waals surface area contributed by atoms with Gasteiger partial charge in [-0.15, -0.1) is 0 Å². The van der Waals surface area contributed by atoms with Crippen LogP contribution >= 0.6 is 0 Å². The van der Waals surface area contributed by atoms with E-state index in [4.69, 9.17) is 9.84 Å². The van der Waals surface area contributed by atoms with Crippen LogP contribution in [0.5, 0.6) is 0 Å². The van der Waals surface area contributed by atoms with Gasteiger partial charge < -0.3 is 20.5 Å². The maximum atomic E-state index is 11.9. The zero-order chi connectivity index (χ0) is 18.1. The van der Waals surface area contributed by atoms with Crippen molar-refractivity contribution in [1.29, 1.82) is 0 Å². The average Bonchev–Trinajstić information content (AvgIpc) is 2.64. The first-order chi connectivity index (χ1) is 12.1. The van der Waals surface area contributed by atoms with E-state index in [9.17, 15) is 14.4 Å². The van der Waals surface area contributed by atoms with Crippen molar-refractivity contribution in [2.75, 3.05) is 6.54 Å². The molecular weight excluding hydrogens is 324 g/mol. The van der Waals surface area contributed by atoms with Gasteiger partial charge in [0.1, 0.15) is 12.6 Å². The van der Waals surface area contributed by atoms with Crippen LogP contribution in [0.1, 0.15) is 15.9 Å². The van der Waals surface area contributed by atoms with E-state index in [2.05, 4.69) is 10.6 Å². The molecule has 0 radical (unpaired) electrons. The molecule has 3 N–H and O–H groups in total. The molecule has 0 aliphatic rings. The van der Waals surface area contributed by atoms with Crippen LogP contribution in [0.2, 0.25) is 0 Å². The van der Waals surface area contributed by atoms with Gasteiger partial charge in [-0.05, 0) is 17.7 Å². The standard InChI is InChI=1S/C18H18N2O5/c21-16(14-9-5-2-6-10-14)19-11-15(17(22)23)20-18(24)25-12-13-7-3-1-4-8-13/h1-10,15H,11-12H2,(H,19,21)(H,20,24)(H,22,23). The van der Waals surface area contributed by atoms with E-state index in [1.807, 2.05) is 6.07 Å². The lowest BCUT2D eigenvalue weighted by atomic mass is 10.2. The van der Waals surface area contributed by atoms with Crippen LogP contribution in [0.15, 0.2) is 60.7 Å². The molecule has 2 aromatic rings. The molecule has 0 fully saturated rings. The topological polar surface area (TPSA) is 105 Å². The Morgan fingerprint density at radius 3 is 2.16 bits per heavy atom. The number of hydrogen-bond acceptors (Lipinski definition) is 4. The van der Waals surface area contributed by atoms with Crippen molar-refractivity contribution in [2.24, 2.45) is 0 Å². The summed E-state index contributed by atoms with van der Waals surface area (Å²) in [6.45, 7) is -0.237. The van der Waals surface area contributed by atoms with Gasteiger partial charge >= 0.3 is 12.1 Å². The Kier molecular flexibility index (Phi) is 6.53. The molecule has 2 rings (SSSR count). The molecule has 0 heterocycles. The van der Waals surface area contributed by atoms with E-state index in [0.717, 1.165) is 5.56 Å². The number of benzene rings is 2. The second kappa shape index (κ2) is 9.07. The summed E-state index contributed by atoms with van der Waals surface area (Å²) in [5.74, 6) is -1.70. The van der Waals surface area contributed by atoms with Crippen molar-refractivity contribution in [3.05, 3.63) is 71.8 Å². The van der Waals surface area contributed by atoms with Crippen molar-refractivity contribution in [3.63, 3.8) is 0 Å². The van der Waals surface area contributed by atoms with Gasteiger partial charge in [0.05, 0.1) is 0 Å². The number of amides is 2. The van der Waals surface area contributed by atoms with Crippen molar-refractivity contribution in [3.8, 4) is 0 Å². The molecule has 0 aliphatic heterocycles. The smallest absolute Gasteiger partial charge is 0.408 e. The number of rotatable bonds is 7. The van der Waals surface area contributed by atoms with Crippen LogP contribution in [0.25, 0.3) is 0 Å². The Bertz CT molecular complexity index is 719. The SMILES string of the molecule is O=C(NC(CNC(=O)c1ccccc1)C(=O)O)OCc1ccccc1. The number of hydrogen-bond donors (Lipinski definition) is 3. The molecule has 1 atom stereocenters. The summed E-state index contributed by atoms with van der Waals surface area (Å²) in [5, 5.41) is 13.9. The molecule has 0 saturated heterocycles. The molecule has 2 amide bonds. The molecule has 0 aromatic heterocycles. The number of carboxylic acid groups (broad SMARTS) is 1. The number of aliphatic carboxylic acids is 1. The fourth-order valence-corrected chi connectivity index (χ4v) is 1.99. The number of alkyl carbamates (subject to hydrolysis) is 1. The highest BCUT2D eigenvalue weighted by Crippen LogP contribution is 2.01. The summed E-state index contributed by atoms with van der Waals surface area (Å²) >= 11 is 0. The van der Waals surface area contributed by atoms with Gasteiger partial charge in [0.2, 0.25) is 0 Å². The lowest BCUT2D eigenvalue weighted by molar-refractivity contribution is -0.139. The number of carbonyl (C=O) groups excluding carboxylic acids is 2. The Hall–Kier alpha value is -3.35. The minimum absolute atomic E-state index is 0.0232. The summed E-state index contributed by atoms with van der Waals surface area (Å²) in [6.07, 6.45) is -0.870. The Balaban J connectivity index is 1.82. The van der Waals surface area contributed by atoms with E-state index < -0.39 is 24.0 Å². The third kappa shape index (κ3) is 5.98. The quantitative estimate of drug-likeness (QED) is 0.712. The molecule has 0 aliphatic carbocycles. The van der Waals surface area contributed by atoms with Gasteiger partial charge in [-0.3, -0.25) is 4.79 Å². The predicted octanol–water partition coefficient (Wildman–Crippen LogP) is 1.80. The van der Waals surface area contributed by atoms with Gasteiger partial charge in [-0.2, -0.15) is 0 Å². The second-order valence-electron chi connectivity index (χ2n) is 5.17. The number of carboxylic acids is 1. The summed E-state index contributed by atoms with van der Waals surface area (Å²) in [6, 6.07) is 16.1. The molecule has 2 aromatic carbocycles. The van der Waals surface area contributed by atoms with Crippen LogP contribution in [0.3, 0.4) is 0 Å². The van der Waals surface area contributed by atoms with Gasteiger partial charge in [0.25, 0.3) is 5.91 Å². The molecule has 0 saturated carbocycles. The van der Waals surface area contributed by atoms with E-state index in [1.54, 1.807) is 54.6 Å². The highest BCUT2D eigenvalue weighted by atomic mass is 16.5. The van der Waals surface area contributed by atoms with Gasteiger partial charge in [-0.1, -0.05) is 48.5 Å². The fourth-order valence-electron chi connectivity index (χ4n) is 1.99. The largest absolute Gasteiger partial charge is 0.480 e. The van der Waals surface area contributed by atoms with Gasteiger partial charge in [0.15, 0.2) is 0 Å². The van der Waals surface area contributed by atoms with E-state index in [1.165, 1.54) is 0 Å². The Morgan fingerprint density at radius 2 is 1.56 bits per heavy atom. The zero-order valence-electron chi connectivity index (χ0n) is 13.3. The first-order valence-corrected chi connectivity index (χ1v) is 7.59. The van der Waals surface area contributed by atoms with Crippen LogP contribution in [0, 0.1) is 0 Å². The number of carbonyl (C=O) groups is 3. The summed E-state index contributed by atoms with van der Waals surface area (Å²) in [7, 11) is 0. The maximum Gasteiger partial charge on any atom is 0.408 e. The number of ether oxygens (including phenoxy) is 1. The van der Waals surface area contributed by atoms with Gasteiger partial charge in [0, 0.05) is 12.1 Å². The molecule has 0 bridgehead atoms. The fraction of sp³-hybridized carbons (Fsp3) is 0.167. The zero-order valence-corrected chi connectivity index (χ0v) is 13.3. The number of nitrogens with one attached hydrogen (secondary N) is 2. The highest BCUT2D eigenvalue weighted by Gasteiger charge is 2.21. The van der Waals surface area contributed by atoms with Crippen LogP contribution < -0.4 is 10.6 Å². The van der Waals surface area contributed by atoms with Crippen molar-refractivity contribution in [1.82, 2.24) is 10.6 Å². The molecule has 7 heteroatoms. The molecular formula is C18H18N2O5. The summed E-state index contributed by atoms with van der Waals surface area (Å²) in [5.41, 5.74) is 1.18. The third-order valence-electron chi connectivity index (χ3n) is 3.31. The molecule has 0 spiro atoms. The Morgan fingerprint density at radius 1 is 0.960 bits per heavy atom. The van der Waals surface area contributed by atoms with E-state index >= 15 is 0 Å². The minimum atomic E-state index is -1.30. The maximum absolute atomic E-state index is 11.9. The molecule has 1 unspecified atom stereocenters. The lowest BCUT2D eigenvalue weighted by Crippen LogP contribution is -2.48. The molecule has 130 valence electrons.